The number of hydrogen-bond acceptors (Lipinski definition) is 11. The largest absolute Gasteiger partial charge is 0.390 e. The van der Waals surface area contributed by atoms with Crippen LogP contribution >= 0.6 is 0 Å². The van der Waals surface area contributed by atoms with E-state index in [9.17, 15) is 34.9 Å². The predicted octanol–water partition coefficient (Wildman–Crippen LogP) is -1.98. The van der Waals surface area contributed by atoms with Gasteiger partial charge in [-0.15, -0.1) is 0 Å². The van der Waals surface area contributed by atoms with Crippen LogP contribution < -0.4 is 0 Å². The van der Waals surface area contributed by atoms with Crippen molar-refractivity contribution in [2.24, 2.45) is 15.5 Å². The van der Waals surface area contributed by atoms with E-state index in [-0.39, 0.29) is 4.76 Å². The fraction of sp³-hybridized carbons (Fsp3) is 1.00. The normalized spacial score (nSPS) is 37.9. The average Bonchev–Trinajstić information content (AvgIpc) is 2.47. The molecule has 8 atom stereocenters. The maximum atomic E-state index is 12.0. The van der Waals surface area contributed by atoms with Gasteiger partial charge in [0.25, 0.3) is 6.04 Å². The van der Waals surface area contributed by atoms with Crippen LogP contribution in [-0.2, 0) is 0 Å². The molecule has 12 nitrogen and oxygen atoms in total. The first-order valence-electron chi connectivity index (χ1n) is 6.43. The van der Waals surface area contributed by atoms with E-state index in [2.05, 4.69) is 15.5 Å². The standard InChI is InChI=1S/C10H17N4O8/c1-3(15)4(16)2-14(22)8-7(13-21)9(17)5(11-19)6(12-20)10(8)18/h3-10,15-18H,2H2,1H3/q+1. The van der Waals surface area contributed by atoms with Crippen molar-refractivity contribution in [2.45, 2.75) is 55.5 Å². The van der Waals surface area contributed by atoms with Crippen molar-refractivity contribution in [2.75, 3.05) is 6.54 Å². The average molecular weight is 321 g/mol. The van der Waals surface area contributed by atoms with Crippen molar-refractivity contribution in [1.29, 1.82) is 0 Å². The monoisotopic (exact) mass is 321 g/mol. The van der Waals surface area contributed by atoms with Crippen LogP contribution in [0.2, 0.25) is 0 Å². The molecule has 0 bridgehead atoms. The molecule has 0 spiro atoms. The van der Waals surface area contributed by atoms with E-state index in [4.69, 9.17) is 5.11 Å². The third-order valence-corrected chi connectivity index (χ3v) is 3.72. The van der Waals surface area contributed by atoms with E-state index in [0.717, 1.165) is 0 Å². The molecule has 1 aliphatic carbocycles. The van der Waals surface area contributed by atoms with Gasteiger partial charge in [-0.25, -0.2) is 0 Å². The molecule has 12 heteroatoms. The summed E-state index contributed by atoms with van der Waals surface area (Å²) in [5.74, 6) is 0. The Balaban J connectivity index is 3.09. The van der Waals surface area contributed by atoms with Gasteiger partial charge in [-0.1, -0.05) is 15.5 Å². The van der Waals surface area contributed by atoms with Crippen molar-refractivity contribution < 1.29 is 25.2 Å². The Kier molecular flexibility index (Phi) is 6.22. The minimum Gasteiger partial charge on any atom is -0.390 e. The first-order valence-corrected chi connectivity index (χ1v) is 6.43. The zero-order chi connectivity index (χ0) is 17.0. The molecule has 0 heterocycles. The topological polar surface area (TPSA) is 189 Å². The molecule has 0 radical (unpaired) electrons. The minimum atomic E-state index is -1.90. The molecule has 4 N–H and O–H groups in total. The summed E-state index contributed by atoms with van der Waals surface area (Å²) in [6.07, 6.45) is -6.55. The van der Waals surface area contributed by atoms with E-state index in [1.54, 1.807) is 0 Å². The summed E-state index contributed by atoms with van der Waals surface area (Å²) in [7, 11) is 0. The molecule has 0 saturated heterocycles. The Bertz CT molecular complexity index is 447. The first kappa shape index (κ1) is 18.3. The van der Waals surface area contributed by atoms with Crippen LogP contribution in [0.1, 0.15) is 6.92 Å². The molecule has 0 aromatic carbocycles. The summed E-state index contributed by atoms with van der Waals surface area (Å²) in [5, 5.41) is 45.9. The van der Waals surface area contributed by atoms with Gasteiger partial charge in [0.05, 0.1) is 6.10 Å². The number of aliphatic hydroxyl groups excluding tert-OH is 4. The molecule has 0 aliphatic heterocycles. The van der Waals surface area contributed by atoms with Crippen molar-refractivity contribution in [3.8, 4) is 0 Å². The van der Waals surface area contributed by atoms with Gasteiger partial charge in [0.15, 0.2) is 18.2 Å². The van der Waals surface area contributed by atoms with Gasteiger partial charge in [0.2, 0.25) is 6.54 Å². The van der Waals surface area contributed by atoms with Crippen LogP contribution in [0.5, 0.6) is 0 Å². The molecule has 1 rings (SSSR count). The maximum absolute atomic E-state index is 12.0. The molecule has 22 heavy (non-hydrogen) atoms. The Hall–Kier alpha value is -1.76. The molecule has 1 saturated carbocycles. The summed E-state index contributed by atoms with van der Waals surface area (Å²) in [6, 6.07) is -6.94. The van der Waals surface area contributed by atoms with E-state index in [1.807, 2.05) is 0 Å². The summed E-state index contributed by atoms with van der Waals surface area (Å²) < 4.78 is 0.0243. The van der Waals surface area contributed by atoms with E-state index in [0.29, 0.717) is 0 Å². The van der Waals surface area contributed by atoms with Crippen LogP contribution in [0, 0.1) is 19.6 Å². The molecular weight excluding hydrogens is 304 g/mol. The lowest BCUT2D eigenvalue weighted by atomic mass is 9.79. The maximum Gasteiger partial charge on any atom is 0.257 e. The van der Waals surface area contributed by atoms with Crippen LogP contribution in [0.25, 0.3) is 0 Å². The fourth-order valence-corrected chi connectivity index (χ4v) is 2.39. The Morgan fingerprint density at radius 3 is 1.82 bits per heavy atom. The molecule has 124 valence electrons. The highest BCUT2D eigenvalue weighted by molar-refractivity contribution is 5.08. The predicted molar refractivity (Wildman–Crippen MR) is 70.7 cm³/mol. The Labute approximate surface area is 123 Å². The highest BCUT2D eigenvalue weighted by Crippen LogP contribution is 2.29. The zero-order valence-electron chi connectivity index (χ0n) is 11.5. The number of rotatable bonds is 7. The van der Waals surface area contributed by atoms with Crippen LogP contribution in [0.4, 0.5) is 0 Å². The summed E-state index contributed by atoms with van der Waals surface area (Å²) >= 11 is 0. The summed E-state index contributed by atoms with van der Waals surface area (Å²) in [5.41, 5.74) is 0. The lowest BCUT2D eigenvalue weighted by Gasteiger charge is -2.35. The fourth-order valence-electron chi connectivity index (χ4n) is 2.39. The summed E-state index contributed by atoms with van der Waals surface area (Å²) in [6.45, 7) is 0.491. The van der Waals surface area contributed by atoms with Gasteiger partial charge in [-0.2, -0.15) is 14.7 Å². The summed E-state index contributed by atoms with van der Waals surface area (Å²) in [4.78, 5) is 44.3. The van der Waals surface area contributed by atoms with Gasteiger partial charge < -0.3 is 20.4 Å². The molecular formula is C10H17N4O8+. The number of nitrogens with zero attached hydrogens (tertiary/aromatic N) is 4. The van der Waals surface area contributed by atoms with Gasteiger partial charge in [0, 0.05) is 9.67 Å². The second-order valence-electron chi connectivity index (χ2n) is 5.17. The van der Waals surface area contributed by atoms with Gasteiger partial charge >= 0.3 is 0 Å². The molecule has 0 aromatic heterocycles. The quantitative estimate of drug-likeness (QED) is 0.306. The van der Waals surface area contributed by atoms with Gasteiger partial charge in [0.1, 0.15) is 18.2 Å². The molecule has 0 aromatic rings. The molecule has 1 aliphatic rings. The van der Waals surface area contributed by atoms with Crippen molar-refractivity contribution in [3.05, 3.63) is 19.6 Å². The molecule has 8 unspecified atom stereocenters. The SMILES string of the molecule is CC(O)C(O)C[N+](=O)C1C(O)C(N=O)C(N=O)C(O)C1N=O. The Morgan fingerprint density at radius 2 is 1.41 bits per heavy atom. The minimum absolute atomic E-state index is 0.0243. The second-order valence-corrected chi connectivity index (χ2v) is 5.17. The molecule has 1 fully saturated rings. The number of nitroso groups, excluding NO2 is 4. The first-order chi connectivity index (χ1) is 10.3. The van der Waals surface area contributed by atoms with Crippen LogP contribution in [0.15, 0.2) is 15.5 Å². The third-order valence-electron chi connectivity index (χ3n) is 3.72. The number of aliphatic hydroxyl groups is 4. The lowest BCUT2D eigenvalue weighted by Crippen LogP contribution is -2.65. The van der Waals surface area contributed by atoms with Crippen LogP contribution in [0.3, 0.4) is 0 Å². The third kappa shape index (κ3) is 3.35. The van der Waals surface area contributed by atoms with Crippen LogP contribution in [-0.4, -0.2) is 80.3 Å². The van der Waals surface area contributed by atoms with Crippen molar-refractivity contribution >= 4 is 0 Å². The van der Waals surface area contributed by atoms with E-state index >= 15 is 0 Å². The van der Waals surface area contributed by atoms with Crippen molar-refractivity contribution in [3.63, 3.8) is 0 Å². The zero-order valence-corrected chi connectivity index (χ0v) is 11.5. The van der Waals surface area contributed by atoms with E-state index in [1.165, 1.54) is 6.92 Å². The smallest absolute Gasteiger partial charge is 0.257 e. The van der Waals surface area contributed by atoms with E-state index < -0.39 is 55.1 Å². The molecule has 0 amide bonds. The van der Waals surface area contributed by atoms with Gasteiger partial charge in [-0.05, 0) is 6.92 Å². The Morgan fingerprint density at radius 1 is 0.955 bits per heavy atom. The number of hydrogen-bond donors (Lipinski definition) is 4. The second kappa shape index (κ2) is 7.49. The van der Waals surface area contributed by atoms with Gasteiger partial charge in [-0.3, -0.25) is 0 Å². The highest BCUT2D eigenvalue weighted by Gasteiger charge is 2.59. The highest BCUT2D eigenvalue weighted by atomic mass is 16.3. The van der Waals surface area contributed by atoms with Crippen molar-refractivity contribution in [1.82, 2.24) is 0 Å². The lowest BCUT2D eigenvalue weighted by molar-refractivity contribution is -0.610.